The molecule has 0 radical (unpaired) electrons. The first-order valence-corrected chi connectivity index (χ1v) is 4.82. The summed E-state index contributed by atoms with van der Waals surface area (Å²) in [4.78, 5) is 0. The minimum absolute atomic E-state index is 0.567. The molecule has 0 atom stereocenters. The molecule has 0 nitrogen and oxygen atoms in total. The van der Waals surface area contributed by atoms with Crippen molar-refractivity contribution in [1.29, 1.82) is 0 Å². The highest BCUT2D eigenvalue weighted by atomic mass is 14.5. The third-order valence-corrected chi connectivity index (χ3v) is 4.11. The summed E-state index contributed by atoms with van der Waals surface area (Å²) in [6.07, 6.45) is 10.8. The Morgan fingerprint density at radius 1 is 1.00 bits per heavy atom. The van der Waals surface area contributed by atoms with Crippen molar-refractivity contribution in [3.05, 3.63) is 12.7 Å². The van der Waals surface area contributed by atoms with E-state index >= 15 is 0 Å². The van der Waals surface area contributed by atoms with Gasteiger partial charge in [-0.15, -0.1) is 6.58 Å². The Hall–Kier alpha value is -0.260. The van der Waals surface area contributed by atoms with Crippen LogP contribution in [0.2, 0.25) is 0 Å². The van der Waals surface area contributed by atoms with E-state index in [1.807, 2.05) is 0 Å². The fraction of sp³-hybridized carbons (Fsp3) is 0.818. The molecule has 0 spiro atoms. The molecule has 3 saturated carbocycles. The molecule has 0 unspecified atom stereocenters. The maximum Gasteiger partial charge on any atom is -0.0120 e. The van der Waals surface area contributed by atoms with Gasteiger partial charge in [-0.2, -0.15) is 0 Å². The second kappa shape index (κ2) is 2.12. The molecule has 0 heteroatoms. The number of allylic oxidation sites excluding steroid dienone is 1. The topological polar surface area (TPSA) is 0 Å². The van der Waals surface area contributed by atoms with Crippen LogP contribution in [-0.2, 0) is 0 Å². The number of rotatable bonds is 1. The first-order chi connectivity index (χ1) is 5.18. The Kier molecular flexibility index (Phi) is 1.42. The lowest BCUT2D eigenvalue weighted by Crippen LogP contribution is -2.38. The van der Waals surface area contributed by atoms with E-state index in [-0.39, 0.29) is 0 Å². The fourth-order valence-electron chi connectivity index (χ4n) is 2.71. The summed E-state index contributed by atoms with van der Waals surface area (Å²) >= 11 is 0. The van der Waals surface area contributed by atoms with Crippen LogP contribution in [0.25, 0.3) is 0 Å². The molecule has 0 saturated heterocycles. The Bertz CT molecular complexity index is 154. The lowest BCUT2D eigenvalue weighted by molar-refractivity contribution is 0.0363. The molecule has 11 heavy (non-hydrogen) atoms. The standard InChI is InChI=1S/C11H18/c1-3-11-7-4-10(2,5-8-11)6-9-11/h3H,1,4-9H2,2H3. The summed E-state index contributed by atoms with van der Waals surface area (Å²) in [7, 11) is 0. The second-order valence-electron chi connectivity index (χ2n) is 4.88. The smallest absolute Gasteiger partial charge is 0.0120 e. The van der Waals surface area contributed by atoms with Gasteiger partial charge in [0.2, 0.25) is 0 Å². The summed E-state index contributed by atoms with van der Waals surface area (Å²) in [5, 5.41) is 0. The third kappa shape index (κ3) is 1.04. The van der Waals surface area contributed by atoms with Crippen molar-refractivity contribution in [3.8, 4) is 0 Å². The minimum atomic E-state index is 0.567. The Balaban J connectivity index is 2.18. The van der Waals surface area contributed by atoms with Crippen LogP contribution < -0.4 is 0 Å². The molecule has 0 amide bonds. The monoisotopic (exact) mass is 150 g/mol. The summed E-state index contributed by atoms with van der Waals surface area (Å²) in [5.74, 6) is 0. The van der Waals surface area contributed by atoms with Crippen LogP contribution >= 0.6 is 0 Å². The van der Waals surface area contributed by atoms with E-state index in [2.05, 4.69) is 19.6 Å². The first kappa shape index (κ1) is 7.39. The summed E-state index contributed by atoms with van der Waals surface area (Å²) in [5.41, 5.74) is 1.28. The predicted octanol–water partition coefficient (Wildman–Crippen LogP) is 3.53. The lowest BCUT2D eigenvalue weighted by Gasteiger charge is -2.50. The molecular formula is C11H18. The van der Waals surface area contributed by atoms with Gasteiger partial charge in [-0.1, -0.05) is 13.0 Å². The molecule has 62 valence electrons. The number of hydrogen-bond donors (Lipinski definition) is 0. The van der Waals surface area contributed by atoms with Crippen molar-refractivity contribution in [2.75, 3.05) is 0 Å². The van der Waals surface area contributed by atoms with Gasteiger partial charge in [-0.25, -0.2) is 0 Å². The molecule has 0 aliphatic heterocycles. The predicted molar refractivity (Wildman–Crippen MR) is 48.4 cm³/mol. The Morgan fingerprint density at radius 2 is 1.45 bits per heavy atom. The summed E-state index contributed by atoms with van der Waals surface area (Å²) in [6, 6.07) is 0. The zero-order valence-corrected chi connectivity index (χ0v) is 7.53. The SMILES string of the molecule is C=CC12CCC(C)(CC1)CC2. The molecule has 0 N–H and O–H groups in total. The maximum absolute atomic E-state index is 3.97. The van der Waals surface area contributed by atoms with Crippen LogP contribution in [0.1, 0.15) is 45.4 Å². The molecular weight excluding hydrogens is 132 g/mol. The van der Waals surface area contributed by atoms with Gasteiger partial charge in [0.15, 0.2) is 0 Å². The molecule has 0 aromatic heterocycles. The normalized spacial score (nSPS) is 49.2. The third-order valence-electron chi connectivity index (χ3n) is 4.11. The van der Waals surface area contributed by atoms with Gasteiger partial charge in [0.1, 0.15) is 0 Å². The largest absolute Gasteiger partial charge is 0.103 e. The van der Waals surface area contributed by atoms with Gasteiger partial charge >= 0.3 is 0 Å². The van der Waals surface area contributed by atoms with E-state index in [0.29, 0.717) is 10.8 Å². The second-order valence-corrected chi connectivity index (χ2v) is 4.88. The quantitative estimate of drug-likeness (QED) is 0.502. The van der Waals surface area contributed by atoms with Gasteiger partial charge in [0.25, 0.3) is 0 Å². The molecule has 0 aromatic carbocycles. The summed E-state index contributed by atoms with van der Waals surface area (Å²) < 4.78 is 0. The fourth-order valence-corrected chi connectivity index (χ4v) is 2.71. The average Bonchev–Trinajstić information content (AvgIpc) is 2.07. The van der Waals surface area contributed by atoms with Crippen LogP contribution in [0.5, 0.6) is 0 Å². The highest BCUT2D eigenvalue weighted by Gasteiger charge is 2.44. The highest BCUT2D eigenvalue weighted by molar-refractivity contribution is 5.05. The molecule has 3 aliphatic carbocycles. The zero-order chi connectivity index (χ0) is 7.95. The van der Waals surface area contributed by atoms with Crippen LogP contribution in [0.15, 0.2) is 12.7 Å². The van der Waals surface area contributed by atoms with Crippen molar-refractivity contribution >= 4 is 0 Å². The Morgan fingerprint density at radius 3 is 1.82 bits per heavy atom. The van der Waals surface area contributed by atoms with Crippen LogP contribution in [0, 0.1) is 10.8 Å². The van der Waals surface area contributed by atoms with E-state index in [0.717, 1.165) is 0 Å². The van der Waals surface area contributed by atoms with Crippen LogP contribution in [-0.4, -0.2) is 0 Å². The van der Waals surface area contributed by atoms with Crippen molar-refractivity contribution in [1.82, 2.24) is 0 Å². The molecule has 3 rings (SSSR count). The van der Waals surface area contributed by atoms with E-state index in [1.165, 1.54) is 38.5 Å². The molecule has 0 heterocycles. The maximum atomic E-state index is 3.97. The number of hydrogen-bond acceptors (Lipinski definition) is 0. The lowest BCUT2D eigenvalue weighted by atomic mass is 9.54. The van der Waals surface area contributed by atoms with Crippen molar-refractivity contribution in [2.24, 2.45) is 10.8 Å². The van der Waals surface area contributed by atoms with Crippen LogP contribution in [0.3, 0.4) is 0 Å². The first-order valence-electron chi connectivity index (χ1n) is 4.82. The molecule has 3 fully saturated rings. The molecule has 2 bridgehead atoms. The Labute approximate surface area is 69.7 Å². The van der Waals surface area contributed by atoms with Gasteiger partial charge in [-0.05, 0) is 49.4 Å². The van der Waals surface area contributed by atoms with E-state index in [1.54, 1.807) is 0 Å². The van der Waals surface area contributed by atoms with Crippen molar-refractivity contribution < 1.29 is 0 Å². The summed E-state index contributed by atoms with van der Waals surface area (Å²) in [6.45, 7) is 6.43. The van der Waals surface area contributed by atoms with Gasteiger partial charge in [0.05, 0.1) is 0 Å². The van der Waals surface area contributed by atoms with E-state index in [4.69, 9.17) is 0 Å². The van der Waals surface area contributed by atoms with Gasteiger partial charge < -0.3 is 0 Å². The molecule has 0 aromatic rings. The molecule has 3 aliphatic rings. The van der Waals surface area contributed by atoms with Gasteiger partial charge in [0, 0.05) is 0 Å². The number of fused-ring (bicyclic) bond motifs is 3. The van der Waals surface area contributed by atoms with Crippen molar-refractivity contribution in [2.45, 2.75) is 45.4 Å². The van der Waals surface area contributed by atoms with E-state index < -0.39 is 0 Å². The average molecular weight is 150 g/mol. The van der Waals surface area contributed by atoms with Crippen molar-refractivity contribution in [3.63, 3.8) is 0 Å². The van der Waals surface area contributed by atoms with E-state index in [9.17, 15) is 0 Å². The van der Waals surface area contributed by atoms with Crippen LogP contribution in [0.4, 0.5) is 0 Å². The minimum Gasteiger partial charge on any atom is -0.103 e. The zero-order valence-electron chi connectivity index (χ0n) is 7.53. The van der Waals surface area contributed by atoms with Gasteiger partial charge in [-0.3, -0.25) is 0 Å². The highest BCUT2D eigenvalue weighted by Crippen LogP contribution is 2.56.